The second kappa shape index (κ2) is 4.56. The monoisotopic (exact) mass is 250 g/mol. The fraction of sp³-hybridized carbons (Fsp3) is 0.222. The molecule has 0 saturated carbocycles. The van der Waals surface area contributed by atoms with Gasteiger partial charge in [-0.15, -0.1) is 0 Å². The molecule has 16 heavy (non-hydrogen) atoms. The van der Waals surface area contributed by atoms with Gasteiger partial charge in [-0.2, -0.15) is 0 Å². The van der Waals surface area contributed by atoms with Gasteiger partial charge in [-0.3, -0.25) is 4.79 Å². The van der Waals surface area contributed by atoms with Crippen molar-refractivity contribution in [3.63, 3.8) is 0 Å². The van der Waals surface area contributed by atoms with Crippen molar-refractivity contribution in [1.29, 1.82) is 0 Å². The smallest absolute Gasteiger partial charge is 0.318 e. The van der Waals surface area contributed by atoms with E-state index >= 15 is 0 Å². The van der Waals surface area contributed by atoms with E-state index in [1.807, 2.05) is 0 Å². The van der Waals surface area contributed by atoms with Crippen molar-refractivity contribution < 1.29 is 27.1 Å². The van der Waals surface area contributed by atoms with Crippen molar-refractivity contribution in [2.24, 2.45) is 0 Å². The minimum atomic E-state index is -3.85. The molecule has 0 aliphatic heterocycles. The van der Waals surface area contributed by atoms with Gasteiger partial charge in [-0.25, -0.2) is 17.2 Å². The minimum absolute atomic E-state index is 0.0140. The van der Waals surface area contributed by atoms with Crippen LogP contribution in [0.1, 0.15) is 5.56 Å². The first-order valence-corrected chi connectivity index (χ1v) is 5.98. The standard InChI is InChI=1S/C9H8F2O4S/c10-7-2-1-6(3-8(7)11)4-16(14,15)5-9(12)13/h1-3H,4-5H2,(H,12,13). The highest BCUT2D eigenvalue weighted by molar-refractivity contribution is 7.91. The number of rotatable bonds is 4. The number of hydrogen-bond acceptors (Lipinski definition) is 3. The third-order valence-corrected chi connectivity index (χ3v) is 3.17. The van der Waals surface area contributed by atoms with E-state index in [-0.39, 0.29) is 5.56 Å². The third kappa shape index (κ3) is 3.58. The molecule has 0 radical (unpaired) electrons. The maximum absolute atomic E-state index is 12.7. The molecule has 0 heterocycles. The van der Waals surface area contributed by atoms with Gasteiger partial charge in [-0.05, 0) is 17.7 Å². The Hall–Kier alpha value is -1.50. The average Bonchev–Trinajstić information content (AvgIpc) is 2.08. The van der Waals surface area contributed by atoms with Gasteiger partial charge in [0.25, 0.3) is 0 Å². The lowest BCUT2D eigenvalue weighted by atomic mass is 10.2. The summed E-state index contributed by atoms with van der Waals surface area (Å²) in [6, 6.07) is 2.62. The molecule has 0 aliphatic rings. The fourth-order valence-electron chi connectivity index (χ4n) is 1.12. The summed E-state index contributed by atoms with van der Waals surface area (Å²) in [5.74, 6) is -5.40. The zero-order valence-electron chi connectivity index (χ0n) is 7.98. The van der Waals surface area contributed by atoms with E-state index in [4.69, 9.17) is 5.11 Å². The molecule has 0 aromatic heterocycles. The number of carboxylic acid groups (broad SMARTS) is 1. The van der Waals surface area contributed by atoms with E-state index in [1.165, 1.54) is 0 Å². The molecule has 88 valence electrons. The number of aliphatic carboxylic acids is 1. The van der Waals surface area contributed by atoms with Gasteiger partial charge in [-0.1, -0.05) is 6.07 Å². The Morgan fingerprint density at radius 3 is 2.38 bits per heavy atom. The van der Waals surface area contributed by atoms with Crippen LogP contribution in [0.5, 0.6) is 0 Å². The SMILES string of the molecule is O=C(O)CS(=O)(=O)Cc1ccc(F)c(F)c1. The van der Waals surface area contributed by atoms with Crippen LogP contribution in [0.25, 0.3) is 0 Å². The number of carbonyl (C=O) groups is 1. The fourth-order valence-corrected chi connectivity index (χ4v) is 2.29. The Morgan fingerprint density at radius 2 is 1.88 bits per heavy atom. The number of hydrogen-bond donors (Lipinski definition) is 1. The molecule has 0 saturated heterocycles. The molecule has 4 nitrogen and oxygen atoms in total. The van der Waals surface area contributed by atoms with E-state index in [0.717, 1.165) is 18.2 Å². The summed E-state index contributed by atoms with van der Waals surface area (Å²) in [7, 11) is -3.85. The molecule has 1 aromatic carbocycles. The molecular weight excluding hydrogens is 242 g/mol. The topological polar surface area (TPSA) is 71.4 Å². The molecule has 0 amide bonds. The van der Waals surface area contributed by atoms with Gasteiger partial charge < -0.3 is 5.11 Å². The lowest BCUT2D eigenvalue weighted by Gasteiger charge is -2.02. The Morgan fingerprint density at radius 1 is 1.25 bits per heavy atom. The second-order valence-electron chi connectivity index (χ2n) is 3.17. The molecule has 7 heteroatoms. The summed E-state index contributed by atoms with van der Waals surface area (Å²) in [4.78, 5) is 10.2. The Kier molecular flexibility index (Phi) is 3.58. The third-order valence-electron chi connectivity index (χ3n) is 1.71. The Bertz CT molecular complexity index is 510. The quantitative estimate of drug-likeness (QED) is 0.864. The molecule has 0 spiro atoms. The van der Waals surface area contributed by atoms with E-state index in [1.54, 1.807) is 0 Å². The number of halogens is 2. The van der Waals surface area contributed by atoms with Crippen molar-refractivity contribution in [3.8, 4) is 0 Å². The van der Waals surface area contributed by atoms with Crippen LogP contribution in [0, 0.1) is 11.6 Å². The molecule has 1 N–H and O–H groups in total. The molecule has 0 atom stereocenters. The highest BCUT2D eigenvalue weighted by atomic mass is 32.2. The first-order valence-electron chi connectivity index (χ1n) is 4.16. The first-order chi connectivity index (χ1) is 7.30. The van der Waals surface area contributed by atoms with E-state index in [0.29, 0.717) is 0 Å². The predicted octanol–water partition coefficient (Wildman–Crippen LogP) is 0.964. The summed E-state index contributed by atoms with van der Waals surface area (Å²) in [5.41, 5.74) is 0.0140. The molecule has 0 aliphatic carbocycles. The van der Waals surface area contributed by atoms with Gasteiger partial charge in [0.05, 0.1) is 5.75 Å². The summed E-state index contributed by atoms with van der Waals surface area (Å²) in [6.07, 6.45) is 0. The Labute approximate surface area is 90.4 Å². The van der Waals surface area contributed by atoms with E-state index in [9.17, 15) is 22.0 Å². The minimum Gasteiger partial charge on any atom is -0.480 e. The second-order valence-corrected chi connectivity index (χ2v) is 5.24. The van der Waals surface area contributed by atoms with Gasteiger partial charge in [0.1, 0.15) is 5.75 Å². The average molecular weight is 250 g/mol. The molecule has 0 fully saturated rings. The van der Waals surface area contributed by atoms with Gasteiger partial charge in [0.15, 0.2) is 21.5 Å². The zero-order valence-corrected chi connectivity index (χ0v) is 8.80. The summed E-state index contributed by atoms with van der Waals surface area (Å²) in [6.45, 7) is 0. The highest BCUT2D eigenvalue weighted by Gasteiger charge is 2.17. The van der Waals surface area contributed by atoms with Crippen molar-refractivity contribution in [2.75, 3.05) is 5.75 Å². The van der Waals surface area contributed by atoms with Crippen LogP contribution in [0.2, 0.25) is 0 Å². The zero-order chi connectivity index (χ0) is 12.3. The summed E-state index contributed by atoms with van der Waals surface area (Å²) < 4.78 is 47.7. The number of benzene rings is 1. The van der Waals surface area contributed by atoms with Crippen LogP contribution in [0.15, 0.2) is 18.2 Å². The van der Waals surface area contributed by atoms with Crippen LogP contribution < -0.4 is 0 Å². The van der Waals surface area contributed by atoms with Gasteiger partial charge in [0.2, 0.25) is 0 Å². The van der Waals surface area contributed by atoms with Crippen molar-refractivity contribution in [3.05, 3.63) is 35.4 Å². The lowest BCUT2D eigenvalue weighted by molar-refractivity contribution is -0.134. The molecular formula is C9H8F2O4S. The molecule has 1 rings (SSSR count). The van der Waals surface area contributed by atoms with Crippen LogP contribution in [-0.4, -0.2) is 25.2 Å². The maximum Gasteiger partial charge on any atom is 0.318 e. The van der Waals surface area contributed by atoms with Crippen LogP contribution in [0.3, 0.4) is 0 Å². The van der Waals surface area contributed by atoms with Crippen LogP contribution in [0.4, 0.5) is 8.78 Å². The van der Waals surface area contributed by atoms with E-state index in [2.05, 4.69) is 0 Å². The molecule has 0 bridgehead atoms. The van der Waals surface area contributed by atoms with Gasteiger partial charge in [0, 0.05) is 0 Å². The van der Waals surface area contributed by atoms with Crippen LogP contribution >= 0.6 is 0 Å². The van der Waals surface area contributed by atoms with Crippen molar-refractivity contribution in [2.45, 2.75) is 5.75 Å². The summed E-state index contributed by atoms with van der Waals surface area (Å²) >= 11 is 0. The Balaban J connectivity index is 2.88. The first kappa shape index (κ1) is 12.6. The predicted molar refractivity (Wildman–Crippen MR) is 51.5 cm³/mol. The van der Waals surface area contributed by atoms with Crippen molar-refractivity contribution >= 4 is 15.8 Å². The van der Waals surface area contributed by atoms with Gasteiger partial charge >= 0.3 is 5.97 Å². The lowest BCUT2D eigenvalue weighted by Crippen LogP contribution is -2.17. The molecule has 0 unspecified atom stereocenters. The number of sulfone groups is 1. The van der Waals surface area contributed by atoms with Crippen LogP contribution in [-0.2, 0) is 20.4 Å². The van der Waals surface area contributed by atoms with Crippen molar-refractivity contribution in [1.82, 2.24) is 0 Å². The highest BCUT2D eigenvalue weighted by Crippen LogP contribution is 2.12. The molecule has 1 aromatic rings. The normalized spacial score (nSPS) is 11.4. The summed E-state index contributed by atoms with van der Waals surface area (Å²) in [5, 5.41) is 8.31. The largest absolute Gasteiger partial charge is 0.480 e. The van der Waals surface area contributed by atoms with E-state index < -0.39 is 38.9 Å². The maximum atomic E-state index is 12.7. The number of carboxylic acids is 1.